The van der Waals surface area contributed by atoms with Crippen LogP contribution in [-0.4, -0.2) is 15.6 Å². The predicted molar refractivity (Wildman–Crippen MR) is 79.5 cm³/mol. The van der Waals surface area contributed by atoms with E-state index in [9.17, 15) is 4.79 Å². The second-order valence-corrected chi connectivity index (χ2v) is 5.78. The van der Waals surface area contributed by atoms with Crippen LogP contribution in [0.1, 0.15) is 39.3 Å². The molecular formula is C16H17ClN2O. The Morgan fingerprint density at radius 2 is 2.05 bits per heavy atom. The third kappa shape index (κ3) is 2.27. The Hall–Kier alpha value is -1.61. The topological polar surface area (TPSA) is 34.9 Å². The molecule has 1 aromatic heterocycles. The first-order chi connectivity index (χ1) is 9.56. The Kier molecular flexibility index (Phi) is 3.38. The second-order valence-electron chi connectivity index (χ2n) is 5.40. The predicted octanol–water partition coefficient (Wildman–Crippen LogP) is 3.52. The lowest BCUT2D eigenvalue weighted by molar-refractivity contribution is 0.0966. The molecule has 1 aliphatic rings. The lowest BCUT2D eigenvalue weighted by atomic mass is 10.0. The number of benzene rings is 1. The molecule has 1 heterocycles. The van der Waals surface area contributed by atoms with Crippen LogP contribution < -0.4 is 0 Å². The van der Waals surface area contributed by atoms with Gasteiger partial charge in [0.1, 0.15) is 6.54 Å². The number of fused-ring (bicyclic) bond motifs is 1. The van der Waals surface area contributed by atoms with Gasteiger partial charge in [-0.2, -0.15) is 5.10 Å². The van der Waals surface area contributed by atoms with Crippen molar-refractivity contribution in [3.63, 3.8) is 0 Å². The molecule has 1 aliphatic carbocycles. The number of aromatic nitrogens is 2. The van der Waals surface area contributed by atoms with E-state index in [1.165, 1.54) is 17.5 Å². The van der Waals surface area contributed by atoms with E-state index in [0.29, 0.717) is 5.02 Å². The van der Waals surface area contributed by atoms with E-state index < -0.39 is 0 Å². The average molecular weight is 289 g/mol. The van der Waals surface area contributed by atoms with Gasteiger partial charge in [-0.05, 0) is 50.3 Å². The maximum Gasteiger partial charge on any atom is 0.184 e. The molecule has 0 amide bonds. The molecule has 0 bridgehead atoms. The van der Waals surface area contributed by atoms with Gasteiger partial charge in [-0.3, -0.25) is 9.48 Å². The molecule has 4 heteroatoms. The van der Waals surface area contributed by atoms with Crippen LogP contribution in [0.5, 0.6) is 0 Å². The molecule has 0 fully saturated rings. The summed E-state index contributed by atoms with van der Waals surface area (Å²) in [5, 5.41) is 4.96. The summed E-state index contributed by atoms with van der Waals surface area (Å²) in [5.74, 6) is 0.0852. The number of Topliss-reactive ketones (excluding diaryl/α,β-unsaturated/α-hetero) is 1. The first-order valence-corrected chi connectivity index (χ1v) is 7.28. The van der Waals surface area contributed by atoms with Crippen LogP contribution in [-0.2, 0) is 19.4 Å². The van der Waals surface area contributed by atoms with Crippen molar-refractivity contribution < 1.29 is 4.79 Å². The van der Waals surface area contributed by atoms with Gasteiger partial charge in [0.2, 0.25) is 0 Å². The van der Waals surface area contributed by atoms with Gasteiger partial charge in [0.15, 0.2) is 5.78 Å². The van der Waals surface area contributed by atoms with Crippen molar-refractivity contribution >= 4 is 17.4 Å². The van der Waals surface area contributed by atoms with Crippen LogP contribution in [0.4, 0.5) is 0 Å². The van der Waals surface area contributed by atoms with Crippen molar-refractivity contribution in [3.8, 4) is 0 Å². The Bertz CT molecular complexity index is 688. The molecule has 0 N–H and O–H groups in total. The van der Waals surface area contributed by atoms with Crippen molar-refractivity contribution in [2.24, 2.45) is 0 Å². The molecule has 0 aliphatic heterocycles. The Labute approximate surface area is 123 Å². The minimum absolute atomic E-state index is 0.0852. The Morgan fingerprint density at radius 3 is 2.75 bits per heavy atom. The van der Waals surface area contributed by atoms with E-state index in [-0.39, 0.29) is 12.3 Å². The summed E-state index contributed by atoms with van der Waals surface area (Å²) in [4.78, 5) is 12.4. The van der Waals surface area contributed by atoms with Crippen LogP contribution in [0.3, 0.4) is 0 Å². The van der Waals surface area contributed by atoms with E-state index >= 15 is 0 Å². The standard InChI is InChI=1S/C16H17ClN2O/c1-10-16(17)11(2)19(18-10)9-15(20)14-7-6-12-4-3-5-13(12)8-14/h6-8H,3-5,9H2,1-2H3. The van der Waals surface area contributed by atoms with E-state index in [4.69, 9.17) is 11.6 Å². The number of hydrogen-bond donors (Lipinski definition) is 0. The monoisotopic (exact) mass is 288 g/mol. The summed E-state index contributed by atoms with van der Waals surface area (Å²) in [6, 6.07) is 6.06. The first kappa shape index (κ1) is 13.4. The summed E-state index contributed by atoms with van der Waals surface area (Å²) >= 11 is 6.11. The highest BCUT2D eigenvalue weighted by Crippen LogP contribution is 2.24. The zero-order chi connectivity index (χ0) is 14.3. The Balaban J connectivity index is 1.84. The third-order valence-corrected chi connectivity index (χ3v) is 4.55. The maximum atomic E-state index is 12.4. The highest BCUT2D eigenvalue weighted by atomic mass is 35.5. The smallest absolute Gasteiger partial charge is 0.184 e. The van der Waals surface area contributed by atoms with Crippen molar-refractivity contribution in [2.45, 2.75) is 39.7 Å². The molecule has 2 aromatic rings. The van der Waals surface area contributed by atoms with E-state index in [2.05, 4.69) is 11.2 Å². The van der Waals surface area contributed by atoms with Gasteiger partial charge in [-0.25, -0.2) is 0 Å². The van der Waals surface area contributed by atoms with Gasteiger partial charge in [-0.1, -0.05) is 23.7 Å². The average Bonchev–Trinajstić information content (AvgIpc) is 2.99. The quantitative estimate of drug-likeness (QED) is 0.810. The summed E-state index contributed by atoms with van der Waals surface area (Å²) in [6.45, 7) is 3.99. The maximum absolute atomic E-state index is 12.4. The van der Waals surface area contributed by atoms with Crippen LogP contribution in [0.25, 0.3) is 0 Å². The van der Waals surface area contributed by atoms with Crippen LogP contribution in [0.15, 0.2) is 18.2 Å². The minimum atomic E-state index is 0.0852. The fraction of sp³-hybridized carbons (Fsp3) is 0.375. The van der Waals surface area contributed by atoms with E-state index in [1.807, 2.05) is 26.0 Å². The van der Waals surface area contributed by atoms with Gasteiger partial charge in [0.25, 0.3) is 0 Å². The highest BCUT2D eigenvalue weighted by molar-refractivity contribution is 6.31. The Morgan fingerprint density at radius 1 is 1.30 bits per heavy atom. The number of halogens is 1. The van der Waals surface area contributed by atoms with Crippen LogP contribution >= 0.6 is 11.6 Å². The molecule has 0 saturated carbocycles. The van der Waals surface area contributed by atoms with Gasteiger partial charge < -0.3 is 0 Å². The largest absolute Gasteiger partial charge is 0.292 e. The molecule has 0 radical (unpaired) electrons. The molecule has 0 unspecified atom stereocenters. The van der Waals surface area contributed by atoms with Gasteiger partial charge >= 0.3 is 0 Å². The van der Waals surface area contributed by atoms with Gasteiger partial charge in [0, 0.05) is 5.56 Å². The lowest BCUT2D eigenvalue weighted by Crippen LogP contribution is -2.13. The first-order valence-electron chi connectivity index (χ1n) is 6.91. The number of aryl methyl sites for hydroxylation is 3. The molecule has 104 valence electrons. The second kappa shape index (κ2) is 5.06. The van der Waals surface area contributed by atoms with Crippen molar-refractivity contribution in [1.82, 2.24) is 9.78 Å². The number of ketones is 1. The molecule has 0 saturated heterocycles. The fourth-order valence-electron chi connectivity index (χ4n) is 2.80. The van der Waals surface area contributed by atoms with Crippen LogP contribution in [0.2, 0.25) is 5.02 Å². The van der Waals surface area contributed by atoms with Crippen molar-refractivity contribution in [3.05, 3.63) is 51.3 Å². The molecule has 1 aromatic carbocycles. The molecule has 0 atom stereocenters. The van der Waals surface area contributed by atoms with Gasteiger partial charge in [-0.15, -0.1) is 0 Å². The van der Waals surface area contributed by atoms with E-state index in [1.54, 1.807) is 4.68 Å². The number of carbonyl (C=O) groups is 1. The van der Waals surface area contributed by atoms with Crippen LogP contribution in [0, 0.1) is 13.8 Å². The molecule has 3 nitrogen and oxygen atoms in total. The van der Waals surface area contributed by atoms with E-state index in [0.717, 1.165) is 29.8 Å². The SMILES string of the molecule is Cc1nn(CC(=O)c2ccc3c(c2)CCC3)c(C)c1Cl. The summed E-state index contributed by atoms with van der Waals surface area (Å²) in [7, 11) is 0. The zero-order valence-electron chi connectivity index (χ0n) is 11.7. The number of nitrogens with zero attached hydrogens (tertiary/aromatic N) is 2. The zero-order valence-corrected chi connectivity index (χ0v) is 12.5. The lowest BCUT2D eigenvalue weighted by Gasteiger charge is -2.06. The van der Waals surface area contributed by atoms with Crippen molar-refractivity contribution in [2.75, 3.05) is 0 Å². The third-order valence-electron chi connectivity index (χ3n) is 4.01. The molecular weight excluding hydrogens is 272 g/mol. The molecule has 20 heavy (non-hydrogen) atoms. The van der Waals surface area contributed by atoms with Crippen molar-refractivity contribution in [1.29, 1.82) is 0 Å². The normalized spacial score (nSPS) is 13.6. The number of carbonyl (C=O) groups excluding carboxylic acids is 1. The summed E-state index contributed by atoms with van der Waals surface area (Å²) in [6.07, 6.45) is 3.42. The summed E-state index contributed by atoms with van der Waals surface area (Å²) < 4.78 is 1.69. The number of hydrogen-bond acceptors (Lipinski definition) is 2. The minimum Gasteiger partial charge on any atom is -0.292 e. The molecule has 3 rings (SSSR count). The fourth-order valence-corrected chi connectivity index (χ4v) is 2.94. The number of rotatable bonds is 3. The highest BCUT2D eigenvalue weighted by Gasteiger charge is 2.16. The summed E-state index contributed by atoms with van der Waals surface area (Å²) in [5.41, 5.74) is 5.09. The van der Waals surface area contributed by atoms with Gasteiger partial charge in [0.05, 0.1) is 16.4 Å². The molecule has 0 spiro atoms.